The molecule has 0 radical (unpaired) electrons. The number of unbranched alkanes of at least 4 members (excludes halogenated alkanes) is 1. The van der Waals surface area contributed by atoms with Gasteiger partial charge in [-0.15, -0.1) is 0 Å². The second kappa shape index (κ2) is 8.74. The van der Waals surface area contributed by atoms with Gasteiger partial charge in [0, 0.05) is 23.1 Å². The molecule has 0 spiro atoms. The van der Waals surface area contributed by atoms with E-state index < -0.39 is 0 Å². The van der Waals surface area contributed by atoms with Crippen molar-refractivity contribution in [3.05, 3.63) is 59.4 Å². The summed E-state index contributed by atoms with van der Waals surface area (Å²) in [5, 5.41) is 5.97. The van der Waals surface area contributed by atoms with E-state index in [1.165, 1.54) is 11.3 Å². The van der Waals surface area contributed by atoms with Crippen LogP contribution >= 0.6 is 0 Å². The van der Waals surface area contributed by atoms with E-state index in [4.69, 9.17) is 14.3 Å². The number of rotatable bonds is 8. The molecule has 0 unspecified atom stereocenters. The minimum absolute atomic E-state index is 0.125. The number of aromatic nitrogens is 2. The van der Waals surface area contributed by atoms with E-state index >= 15 is 0 Å². The van der Waals surface area contributed by atoms with Gasteiger partial charge in [0.05, 0.1) is 17.8 Å². The zero-order valence-corrected chi connectivity index (χ0v) is 17.9. The Morgan fingerprint density at radius 3 is 2.73 bits per heavy atom. The largest absolute Gasteiger partial charge is 0.466 e. The number of fused-ring (bicyclic) bond motifs is 2. The molecular weight excluding hydrogens is 376 g/mol. The van der Waals surface area contributed by atoms with Gasteiger partial charge in [-0.3, -0.25) is 4.79 Å². The number of esters is 1. The topological polar surface area (TPSA) is 56.7 Å². The molecule has 0 bridgehead atoms. The van der Waals surface area contributed by atoms with Gasteiger partial charge < -0.3 is 9.15 Å². The maximum atomic E-state index is 11.7. The molecule has 0 fully saturated rings. The van der Waals surface area contributed by atoms with Crippen LogP contribution in [0.2, 0.25) is 0 Å². The average molecular weight is 405 g/mol. The smallest absolute Gasteiger partial charge is 0.305 e. The predicted octanol–water partition coefficient (Wildman–Crippen LogP) is 5.89. The van der Waals surface area contributed by atoms with Crippen molar-refractivity contribution in [1.82, 2.24) is 9.61 Å². The first-order chi connectivity index (χ1) is 14.6. The Bertz CT molecular complexity index is 1150. The Hall–Kier alpha value is -3.08. The summed E-state index contributed by atoms with van der Waals surface area (Å²) in [6.07, 6.45) is 3.90. The van der Waals surface area contributed by atoms with Crippen molar-refractivity contribution in [3.63, 3.8) is 0 Å². The van der Waals surface area contributed by atoms with Crippen molar-refractivity contribution in [3.8, 4) is 11.3 Å². The maximum Gasteiger partial charge on any atom is 0.305 e. The standard InChI is InChI=1S/C25H28N2O3/c1-4-19-14-15-21-25(23-16-18-10-6-8-12-22(18)30-23)20(17(3)26-27(19)21)11-7-9-13-24(28)29-5-2/h6,8,10,12,14-16H,4-5,7,9,11,13H2,1-3H3. The third-order valence-electron chi connectivity index (χ3n) is 5.58. The van der Waals surface area contributed by atoms with Crippen molar-refractivity contribution < 1.29 is 13.9 Å². The minimum Gasteiger partial charge on any atom is -0.466 e. The molecule has 0 saturated heterocycles. The zero-order valence-electron chi connectivity index (χ0n) is 17.9. The number of para-hydroxylation sites is 1. The molecule has 156 valence electrons. The van der Waals surface area contributed by atoms with Crippen molar-refractivity contribution >= 4 is 22.5 Å². The van der Waals surface area contributed by atoms with Crippen LogP contribution in [0.1, 0.15) is 50.1 Å². The maximum absolute atomic E-state index is 11.7. The highest BCUT2D eigenvalue weighted by Crippen LogP contribution is 2.35. The average Bonchev–Trinajstić information content (AvgIpc) is 3.34. The SMILES string of the molecule is CCOC(=O)CCCCc1c(C)nn2c(CC)ccc2c1-c1cc2ccccc2o1. The summed E-state index contributed by atoms with van der Waals surface area (Å²) in [6, 6.07) is 14.5. The fraction of sp³-hybridized carbons (Fsp3) is 0.360. The van der Waals surface area contributed by atoms with Gasteiger partial charge in [-0.25, -0.2) is 4.52 Å². The van der Waals surface area contributed by atoms with Crippen LogP contribution in [0.3, 0.4) is 0 Å². The molecular formula is C25H28N2O3. The molecule has 0 saturated carbocycles. The first kappa shape index (κ1) is 20.2. The molecule has 5 nitrogen and oxygen atoms in total. The molecule has 4 rings (SSSR count). The van der Waals surface area contributed by atoms with Gasteiger partial charge in [0.15, 0.2) is 0 Å². The van der Waals surface area contributed by atoms with Crippen LogP contribution in [0, 0.1) is 6.92 Å². The lowest BCUT2D eigenvalue weighted by Gasteiger charge is -2.14. The van der Waals surface area contributed by atoms with E-state index in [1.807, 2.05) is 29.6 Å². The number of carbonyl (C=O) groups is 1. The van der Waals surface area contributed by atoms with Crippen LogP contribution in [-0.4, -0.2) is 22.2 Å². The van der Waals surface area contributed by atoms with Gasteiger partial charge in [-0.2, -0.15) is 5.10 Å². The molecule has 4 aromatic rings. The molecule has 3 aromatic heterocycles. The van der Waals surface area contributed by atoms with E-state index in [0.717, 1.165) is 59.2 Å². The second-order valence-electron chi connectivity index (χ2n) is 7.57. The normalized spacial score (nSPS) is 11.4. The van der Waals surface area contributed by atoms with Crippen molar-refractivity contribution in [2.75, 3.05) is 6.61 Å². The predicted molar refractivity (Wildman–Crippen MR) is 119 cm³/mol. The molecule has 0 N–H and O–H groups in total. The van der Waals surface area contributed by atoms with Crippen molar-refractivity contribution in [2.24, 2.45) is 0 Å². The lowest BCUT2D eigenvalue weighted by molar-refractivity contribution is -0.143. The molecule has 0 aliphatic rings. The van der Waals surface area contributed by atoms with Gasteiger partial charge in [0.25, 0.3) is 0 Å². The van der Waals surface area contributed by atoms with Crippen molar-refractivity contribution in [2.45, 2.75) is 52.9 Å². The summed E-state index contributed by atoms with van der Waals surface area (Å²) < 4.78 is 13.4. The quantitative estimate of drug-likeness (QED) is 0.271. The van der Waals surface area contributed by atoms with Crippen LogP contribution < -0.4 is 0 Å². The van der Waals surface area contributed by atoms with Gasteiger partial charge in [0.2, 0.25) is 0 Å². The fourth-order valence-corrected chi connectivity index (χ4v) is 4.08. The summed E-state index contributed by atoms with van der Waals surface area (Å²) in [7, 11) is 0. The summed E-state index contributed by atoms with van der Waals surface area (Å²) >= 11 is 0. The zero-order chi connectivity index (χ0) is 21.1. The van der Waals surface area contributed by atoms with Crippen LogP contribution in [0.25, 0.3) is 27.8 Å². The Kier molecular flexibility index (Phi) is 5.88. The van der Waals surface area contributed by atoms with E-state index in [-0.39, 0.29) is 5.97 Å². The van der Waals surface area contributed by atoms with E-state index in [1.54, 1.807) is 0 Å². The molecule has 5 heteroatoms. The summed E-state index contributed by atoms with van der Waals surface area (Å²) in [5.74, 6) is 0.743. The van der Waals surface area contributed by atoms with Gasteiger partial charge in [0.1, 0.15) is 11.3 Å². The summed E-state index contributed by atoms with van der Waals surface area (Å²) in [6.45, 7) is 6.47. The number of benzene rings is 1. The van der Waals surface area contributed by atoms with Crippen LogP contribution in [-0.2, 0) is 22.4 Å². The van der Waals surface area contributed by atoms with E-state index in [9.17, 15) is 4.79 Å². The lowest BCUT2D eigenvalue weighted by Crippen LogP contribution is -2.07. The molecule has 0 aliphatic carbocycles. The number of ether oxygens (including phenoxy) is 1. The van der Waals surface area contributed by atoms with Gasteiger partial charge in [-0.1, -0.05) is 25.1 Å². The summed E-state index contributed by atoms with van der Waals surface area (Å²) in [5.41, 5.74) is 6.42. The second-order valence-corrected chi connectivity index (χ2v) is 7.57. The molecule has 30 heavy (non-hydrogen) atoms. The van der Waals surface area contributed by atoms with Gasteiger partial charge in [-0.05, 0) is 69.4 Å². The highest BCUT2D eigenvalue weighted by atomic mass is 16.5. The first-order valence-corrected chi connectivity index (χ1v) is 10.8. The van der Waals surface area contributed by atoms with Crippen LogP contribution in [0.4, 0.5) is 0 Å². The highest BCUT2D eigenvalue weighted by molar-refractivity contribution is 5.88. The number of hydrogen-bond donors (Lipinski definition) is 0. The monoisotopic (exact) mass is 404 g/mol. The molecule has 0 atom stereocenters. The molecule has 1 aromatic carbocycles. The third-order valence-corrected chi connectivity index (χ3v) is 5.58. The minimum atomic E-state index is -0.125. The Labute approximate surface area is 176 Å². The van der Waals surface area contributed by atoms with E-state index in [0.29, 0.717) is 13.0 Å². The Morgan fingerprint density at radius 1 is 1.13 bits per heavy atom. The third kappa shape index (κ3) is 3.84. The number of carbonyl (C=O) groups excluding carboxylic acids is 1. The van der Waals surface area contributed by atoms with Crippen LogP contribution in [0.15, 0.2) is 46.9 Å². The van der Waals surface area contributed by atoms with Gasteiger partial charge >= 0.3 is 5.97 Å². The fourth-order valence-electron chi connectivity index (χ4n) is 4.08. The number of furan rings is 1. The molecule has 0 aliphatic heterocycles. The Balaban J connectivity index is 1.74. The van der Waals surface area contributed by atoms with Crippen molar-refractivity contribution in [1.29, 1.82) is 0 Å². The Morgan fingerprint density at radius 2 is 1.97 bits per heavy atom. The van der Waals surface area contributed by atoms with Crippen LogP contribution in [0.5, 0.6) is 0 Å². The lowest BCUT2D eigenvalue weighted by atomic mass is 9.98. The number of nitrogens with zero attached hydrogens (tertiary/aromatic N) is 2. The number of hydrogen-bond acceptors (Lipinski definition) is 4. The highest BCUT2D eigenvalue weighted by Gasteiger charge is 2.19. The molecule has 3 heterocycles. The first-order valence-electron chi connectivity index (χ1n) is 10.8. The number of aryl methyl sites for hydroxylation is 2. The summed E-state index contributed by atoms with van der Waals surface area (Å²) in [4.78, 5) is 11.7. The van der Waals surface area contributed by atoms with E-state index in [2.05, 4.69) is 38.1 Å². The molecule has 0 amide bonds.